The molecule has 1 aromatic rings. The molecule has 0 aromatic heterocycles. The standard InChI is InChI=1S/C14H17N3O3/c1-9(13(18)19)10(2)16-14(20)17(3)12-6-4-5-11(7-12)8-15/h4-7,9-10H,1-3H3,(H,16,20)(H,18,19). The van der Waals surface area contributed by atoms with Crippen molar-refractivity contribution in [1.29, 1.82) is 5.26 Å². The number of hydrogen-bond acceptors (Lipinski definition) is 3. The summed E-state index contributed by atoms with van der Waals surface area (Å²) in [6.07, 6.45) is 0. The number of carbonyl (C=O) groups is 2. The fraction of sp³-hybridized carbons (Fsp3) is 0.357. The highest BCUT2D eigenvalue weighted by Gasteiger charge is 2.22. The van der Waals surface area contributed by atoms with Crippen LogP contribution < -0.4 is 10.2 Å². The van der Waals surface area contributed by atoms with Gasteiger partial charge in [0.2, 0.25) is 0 Å². The number of amides is 2. The van der Waals surface area contributed by atoms with Crippen LogP contribution in [0.1, 0.15) is 19.4 Å². The summed E-state index contributed by atoms with van der Waals surface area (Å²) < 4.78 is 0. The Labute approximate surface area is 117 Å². The Balaban J connectivity index is 2.77. The number of benzene rings is 1. The van der Waals surface area contributed by atoms with E-state index in [1.54, 1.807) is 38.2 Å². The molecule has 0 bridgehead atoms. The van der Waals surface area contributed by atoms with Crippen molar-refractivity contribution < 1.29 is 14.7 Å². The molecule has 0 aliphatic carbocycles. The predicted octanol–water partition coefficient (Wildman–Crippen LogP) is 1.81. The molecular formula is C14H17N3O3. The lowest BCUT2D eigenvalue weighted by molar-refractivity contribution is -0.141. The van der Waals surface area contributed by atoms with Crippen LogP contribution in [0.2, 0.25) is 0 Å². The second-order valence-electron chi connectivity index (χ2n) is 4.59. The maximum atomic E-state index is 12.0. The Bertz CT molecular complexity index is 551. The number of hydrogen-bond donors (Lipinski definition) is 2. The van der Waals surface area contributed by atoms with Gasteiger partial charge in [0, 0.05) is 18.8 Å². The van der Waals surface area contributed by atoms with Gasteiger partial charge in [0.1, 0.15) is 0 Å². The highest BCUT2D eigenvalue weighted by atomic mass is 16.4. The molecular weight excluding hydrogens is 258 g/mol. The molecule has 0 aliphatic heterocycles. The number of nitrogens with one attached hydrogen (secondary N) is 1. The van der Waals surface area contributed by atoms with Crippen LogP contribution in [0.25, 0.3) is 0 Å². The van der Waals surface area contributed by atoms with Crippen LogP contribution in [0.5, 0.6) is 0 Å². The van der Waals surface area contributed by atoms with E-state index in [-0.39, 0.29) is 0 Å². The molecule has 2 N–H and O–H groups in total. The molecule has 6 heteroatoms. The van der Waals surface area contributed by atoms with E-state index in [0.717, 1.165) is 0 Å². The highest BCUT2D eigenvalue weighted by Crippen LogP contribution is 2.15. The fourth-order valence-corrected chi connectivity index (χ4v) is 1.53. The molecule has 0 heterocycles. The number of anilines is 1. The molecule has 2 atom stereocenters. The van der Waals surface area contributed by atoms with E-state index in [0.29, 0.717) is 11.3 Å². The molecule has 2 amide bonds. The second-order valence-corrected chi connectivity index (χ2v) is 4.59. The van der Waals surface area contributed by atoms with E-state index in [1.165, 1.54) is 11.8 Å². The van der Waals surface area contributed by atoms with Crippen LogP contribution in [-0.2, 0) is 4.79 Å². The quantitative estimate of drug-likeness (QED) is 0.876. The molecule has 20 heavy (non-hydrogen) atoms. The molecule has 6 nitrogen and oxygen atoms in total. The Morgan fingerprint density at radius 3 is 2.60 bits per heavy atom. The topological polar surface area (TPSA) is 93.4 Å². The van der Waals surface area contributed by atoms with Gasteiger partial charge in [-0.25, -0.2) is 4.79 Å². The van der Waals surface area contributed by atoms with Crippen molar-refractivity contribution in [3.63, 3.8) is 0 Å². The molecule has 1 aromatic carbocycles. The summed E-state index contributed by atoms with van der Waals surface area (Å²) in [5, 5.41) is 20.3. The maximum Gasteiger partial charge on any atom is 0.321 e. The third kappa shape index (κ3) is 3.72. The number of urea groups is 1. The van der Waals surface area contributed by atoms with Gasteiger partial charge in [-0.05, 0) is 32.0 Å². The number of carboxylic acid groups (broad SMARTS) is 1. The number of rotatable bonds is 4. The van der Waals surface area contributed by atoms with Gasteiger partial charge in [-0.3, -0.25) is 9.69 Å². The Kier molecular flexibility index (Phi) is 5.09. The smallest absolute Gasteiger partial charge is 0.321 e. The van der Waals surface area contributed by atoms with E-state index in [1.807, 2.05) is 6.07 Å². The van der Waals surface area contributed by atoms with Gasteiger partial charge >= 0.3 is 12.0 Å². The van der Waals surface area contributed by atoms with Crippen molar-refractivity contribution in [2.45, 2.75) is 19.9 Å². The van der Waals surface area contributed by atoms with Crippen molar-refractivity contribution in [2.75, 3.05) is 11.9 Å². The van der Waals surface area contributed by atoms with Crippen LogP contribution in [0.4, 0.5) is 10.5 Å². The Morgan fingerprint density at radius 2 is 2.05 bits per heavy atom. The van der Waals surface area contributed by atoms with Crippen molar-refractivity contribution in [1.82, 2.24) is 5.32 Å². The molecule has 0 spiro atoms. The minimum atomic E-state index is -0.966. The summed E-state index contributed by atoms with van der Waals surface area (Å²) >= 11 is 0. The van der Waals surface area contributed by atoms with Crippen molar-refractivity contribution in [3.8, 4) is 6.07 Å². The number of nitriles is 1. The molecule has 0 saturated heterocycles. The Hall–Kier alpha value is -2.55. The van der Waals surface area contributed by atoms with Gasteiger partial charge in [0.25, 0.3) is 0 Å². The third-order valence-corrected chi connectivity index (χ3v) is 3.16. The first-order chi connectivity index (χ1) is 9.36. The second kappa shape index (κ2) is 6.57. The SMILES string of the molecule is CC(NC(=O)N(C)c1cccc(C#N)c1)C(C)C(=O)O. The van der Waals surface area contributed by atoms with E-state index >= 15 is 0 Å². The van der Waals surface area contributed by atoms with Crippen LogP contribution >= 0.6 is 0 Å². The van der Waals surface area contributed by atoms with Crippen LogP contribution in [-0.4, -0.2) is 30.2 Å². The largest absolute Gasteiger partial charge is 0.481 e. The highest BCUT2D eigenvalue weighted by molar-refractivity contribution is 5.92. The minimum absolute atomic E-state index is 0.416. The van der Waals surface area contributed by atoms with Crippen molar-refractivity contribution in [3.05, 3.63) is 29.8 Å². The van der Waals surface area contributed by atoms with Crippen molar-refractivity contribution >= 4 is 17.7 Å². The first kappa shape index (κ1) is 15.5. The predicted molar refractivity (Wildman–Crippen MR) is 74.4 cm³/mol. The Morgan fingerprint density at radius 1 is 1.40 bits per heavy atom. The van der Waals surface area contributed by atoms with Crippen LogP contribution in [0.15, 0.2) is 24.3 Å². The first-order valence-electron chi connectivity index (χ1n) is 6.14. The van der Waals surface area contributed by atoms with Gasteiger partial charge in [-0.2, -0.15) is 5.26 Å². The summed E-state index contributed by atoms with van der Waals surface area (Å²) in [5.74, 6) is -1.65. The zero-order valence-electron chi connectivity index (χ0n) is 11.6. The number of carboxylic acids is 1. The summed E-state index contributed by atoms with van der Waals surface area (Å²) in [7, 11) is 1.56. The van der Waals surface area contributed by atoms with Gasteiger partial charge in [0.15, 0.2) is 0 Å². The molecule has 0 aliphatic rings. The maximum absolute atomic E-state index is 12.0. The summed E-state index contributed by atoms with van der Waals surface area (Å²) in [6.45, 7) is 3.17. The average Bonchev–Trinajstić information content (AvgIpc) is 2.45. The van der Waals surface area contributed by atoms with Gasteiger partial charge in [0.05, 0.1) is 17.6 Å². The lowest BCUT2D eigenvalue weighted by Crippen LogP contribution is -2.46. The molecule has 0 fully saturated rings. The van der Waals surface area contributed by atoms with E-state index in [9.17, 15) is 9.59 Å². The number of aliphatic carboxylic acids is 1. The number of carbonyl (C=O) groups excluding carboxylic acids is 1. The molecule has 0 saturated carbocycles. The normalized spacial score (nSPS) is 12.9. The lowest BCUT2D eigenvalue weighted by atomic mass is 10.0. The molecule has 0 radical (unpaired) electrons. The monoisotopic (exact) mass is 275 g/mol. The van der Waals surface area contributed by atoms with Gasteiger partial charge in [-0.1, -0.05) is 6.07 Å². The van der Waals surface area contributed by atoms with Crippen LogP contribution in [0, 0.1) is 17.2 Å². The molecule has 1 rings (SSSR count). The zero-order chi connectivity index (χ0) is 15.3. The first-order valence-corrected chi connectivity index (χ1v) is 6.14. The average molecular weight is 275 g/mol. The lowest BCUT2D eigenvalue weighted by Gasteiger charge is -2.23. The van der Waals surface area contributed by atoms with Crippen LogP contribution in [0.3, 0.4) is 0 Å². The van der Waals surface area contributed by atoms with Gasteiger partial charge in [-0.15, -0.1) is 0 Å². The third-order valence-electron chi connectivity index (χ3n) is 3.16. The van der Waals surface area contributed by atoms with E-state index in [4.69, 9.17) is 10.4 Å². The number of nitrogens with zero attached hydrogens (tertiary/aromatic N) is 2. The molecule has 106 valence electrons. The van der Waals surface area contributed by atoms with Gasteiger partial charge < -0.3 is 10.4 Å². The minimum Gasteiger partial charge on any atom is -0.481 e. The fourth-order valence-electron chi connectivity index (χ4n) is 1.53. The van der Waals surface area contributed by atoms with E-state index < -0.39 is 24.0 Å². The summed E-state index contributed by atoms with van der Waals surface area (Å²) in [5.41, 5.74) is 1.02. The summed E-state index contributed by atoms with van der Waals surface area (Å²) in [4.78, 5) is 24.2. The molecule has 2 unspecified atom stereocenters. The van der Waals surface area contributed by atoms with Crippen molar-refractivity contribution in [2.24, 2.45) is 5.92 Å². The summed E-state index contributed by atoms with van der Waals surface area (Å²) in [6, 6.07) is 7.70. The van der Waals surface area contributed by atoms with E-state index in [2.05, 4.69) is 5.32 Å². The zero-order valence-corrected chi connectivity index (χ0v) is 11.6.